The van der Waals surface area contributed by atoms with E-state index in [0.717, 1.165) is 19.3 Å². The van der Waals surface area contributed by atoms with Gasteiger partial charge < -0.3 is 0 Å². The first-order chi connectivity index (χ1) is 10.0. The van der Waals surface area contributed by atoms with Gasteiger partial charge in [-0.1, -0.05) is 6.92 Å². The van der Waals surface area contributed by atoms with Crippen LogP contribution in [0.15, 0.2) is 28.0 Å². The molecule has 3 heterocycles. The third-order valence-electron chi connectivity index (χ3n) is 3.69. The zero-order valence-corrected chi connectivity index (χ0v) is 12.7. The molecule has 114 valence electrons. The van der Waals surface area contributed by atoms with Crippen LogP contribution in [0.4, 0.5) is 0 Å². The van der Waals surface area contributed by atoms with Gasteiger partial charge in [-0.2, -0.15) is 4.31 Å². The molecule has 2 aromatic heterocycles. The van der Waals surface area contributed by atoms with Crippen molar-refractivity contribution in [3.05, 3.63) is 28.8 Å². The molecule has 0 unspecified atom stereocenters. The predicted molar refractivity (Wildman–Crippen MR) is 77.7 cm³/mol. The number of aromatic nitrogens is 3. The highest BCUT2D eigenvalue weighted by molar-refractivity contribution is 7.89. The second-order valence-corrected chi connectivity index (χ2v) is 7.15. The van der Waals surface area contributed by atoms with E-state index in [9.17, 15) is 13.2 Å². The zero-order valence-electron chi connectivity index (χ0n) is 11.9. The molecule has 0 spiro atoms. The van der Waals surface area contributed by atoms with E-state index in [2.05, 4.69) is 5.10 Å². The predicted octanol–water partition coefficient (Wildman–Crippen LogP) is 0.691. The first-order valence-electron chi connectivity index (χ1n) is 7.13. The molecule has 0 saturated carbocycles. The van der Waals surface area contributed by atoms with Gasteiger partial charge in [0.05, 0.1) is 4.90 Å². The molecule has 0 atom stereocenters. The Morgan fingerprint density at radius 3 is 2.62 bits per heavy atom. The fourth-order valence-electron chi connectivity index (χ4n) is 2.59. The number of pyridine rings is 1. The van der Waals surface area contributed by atoms with Gasteiger partial charge in [0.25, 0.3) is 0 Å². The van der Waals surface area contributed by atoms with Crippen molar-refractivity contribution < 1.29 is 8.42 Å². The van der Waals surface area contributed by atoms with E-state index in [1.165, 1.54) is 25.7 Å². The van der Waals surface area contributed by atoms with Crippen LogP contribution in [-0.2, 0) is 16.6 Å². The lowest BCUT2D eigenvalue weighted by atomic mass is 10.4. The summed E-state index contributed by atoms with van der Waals surface area (Å²) in [5.74, 6) is 0. The number of hydrogen-bond acceptors (Lipinski definition) is 4. The Balaban J connectivity index is 2.08. The van der Waals surface area contributed by atoms with E-state index in [0.29, 0.717) is 25.3 Å². The number of nitrogens with zero attached hydrogens (tertiary/aromatic N) is 4. The maximum atomic E-state index is 12.5. The lowest BCUT2D eigenvalue weighted by molar-refractivity contribution is 0.477. The van der Waals surface area contributed by atoms with Crippen molar-refractivity contribution in [2.45, 2.75) is 37.6 Å². The third kappa shape index (κ3) is 2.38. The lowest BCUT2D eigenvalue weighted by Crippen LogP contribution is -2.28. The van der Waals surface area contributed by atoms with Gasteiger partial charge in [-0.05, 0) is 31.4 Å². The van der Waals surface area contributed by atoms with Gasteiger partial charge in [0.1, 0.15) is 0 Å². The Morgan fingerprint density at radius 1 is 1.24 bits per heavy atom. The van der Waals surface area contributed by atoms with Gasteiger partial charge >= 0.3 is 5.69 Å². The second kappa shape index (κ2) is 5.27. The van der Waals surface area contributed by atoms with Crippen molar-refractivity contribution in [3.63, 3.8) is 0 Å². The maximum Gasteiger partial charge on any atom is 0.350 e. The summed E-state index contributed by atoms with van der Waals surface area (Å²) in [5.41, 5.74) is 0.166. The Hall–Kier alpha value is -1.67. The number of rotatable bonds is 4. The molecular weight excluding hydrogens is 292 g/mol. The van der Waals surface area contributed by atoms with E-state index in [-0.39, 0.29) is 10.6 Å². The Labute approximate surface area is 122 Å². The van der Waals surface area contributed by atoms with Crippen molar-refractivity contribution in [3.8, 4) is 0 Å². The molecule has 0 amide bonds. The van der Waals surface area contributed by atoms with Crippen LogP contribution >= 0.6 is 0 Å². The van der Waals surface area contributed by atoms with Crippen LogP contribution in [-0.4, -0.2) is 40.0 Å². The third-order valence-corrected chi connectivity index (χ3v) is 5.57. The topological polar surface area (TPSA) is 76.7 Å². The smallest absolute Gasteiger partial charge is 0.249 e. The zero-order chi connectivity index (χ0) is 15.0. The molecule has 2 aromatic rings. The van der Waals surface area contributed by atoms with Gasteiger partial charge in [0, 0.05) is 25.8 Å². The average Bonchev–Trinajstić information content (AvgIpc) is 3.09. The van der Waals surface area contributed by atoms with Gasteiger partial charge in [-0.25, -0.2) is 22.3 Å². The van der Waals surface area contributed by atoms with E-state index in [4.69, 9.17) is 0 Å². The fraction of sp³-hybridized carbons (Fsp3) is 0.538. The molecule has 1 aliphatic heterocycles. The van der Waals surface area contributed by atoms with Gasteiger partial charge in [-0.15, -0.1) is 5.10 Å². The van der Waals surface area contributed by atoms with Crippen LogP contribution in [0.5, 0.6) is 0 Å². The minimum absolute atomic E-state index is 0.148. The molecule has 21 heavy (non-hydrogen) atoms. The maximum absolute atomic E-state index is 12.5. The molecule has 0 bridgehead atoms. The average molecular weight is 310 g/mol. The fourth-order valence-corrected chi connectivity index (χ4v) is 4.10. The summed E-state index contributed by atoms with van der Waals surface area (Å²) in [6.45, 7) is 3.57. The van der Waals surface area contributed by atoms with Gasteiger partial charge in [-0.3, -0.25) is 0 Å². The molecule has 0 aromatic carbocycles. The van der Waals surface area contributed by atoms with E-state index in [1.807, 2.05) is 6.92 Å². The summed E-state index contributed by atoms with van der Waals surface area (Å²) in [6.07, 6.45) is 3.94. The number of aryl methyl sites for hydroxylation is 1. The first kappa shape index (κ1) is 14.3. The highest BCUT2D eigenvalue weighted by atomic mass is 32.2. The van der Waals surface area contributed by atoms with Crippen molar-refractivity contribution in [1.29, 1.82) is 0 Å². The molecule has 1 aliphatic rings. The Kier molecular flexibility index (Phi) is 3.58. The molecular formula is C13H18N4O3S. The molecule has 1 saturated heterocycles. The Bertz CT molecular complexity index is 816. The first-order valence-corrected chi connectivity index (χ1v) is 8.57. The summed E-state index contributed by atoms with van der Waals surface area (Å²) in [6, 6.07) is 3.10. The summed E-state index contributed by atoms with van der Waals surface area (Å²) in [4.78, 5) is 12.3. The minimum atomic E-state index is -3.51. The van der Waals surface area contributed by atoms with Crippen LogP contribution in [0, 0.1) is 0 Å². The molecule has 0 N–H and O–H groups in total. The highest BCUT2D eigenvalue weighted by Crippen LogP contribution is 2.20. The van der Waals surface area contributed by atoms with Crippen LogP contribution in [0.1, 0.15) is 26.2 Å². The van der Waals surface area contributed by atoms with Crippen LogP contribution in [0.25, 0.3) is 5.65 Å². The van der Waals surface area contributed by atoms with Crippen LogP contribution < -0.4 is 5.69 Å². The molecule has 7 nitrogen and oxygen atoms in total. The second-order valence-electron chi connectivity index (χ2n) is 5.21. The largest absolute Gasteiger partial charge is 0.350 e. The minimum Gasteiger partial charge on any atom is -0.249 e. The van der Waals surface area contributed by atoms with Crippen molar-refractivity contribution >= 4 is 15.7 Å². The summed E-state index contributed by atoms with van der Waals surface area (Å²) >= 11 is 0. The van der Waals surface area contributed by atoms with Crippen LogP contribution in [0.3, 0.4) is 0 Å². The normalized spacial score (nSPS) is 16.8. The van der Waals surface area contributed by atoms with Crippen molar-refractivity contribution in [1.82, 2.24) is 18.5 Å². The highest BCUT2D eigenvalue weighted by Gasteiger charge is 2.27. The molecule has 0 aliphatic carbocycles. The molecule has 0 radical (unpaired) electrons. The monoisotopic (exact) mass is 310 g/mol. The quantitative estimate of drug-likeness (QED) is 0.832. The molecule has 8 heteroatoms. The summed E-state index contributed by atoms with van der Waals surface area (Å²) < 4.78 is 29.1. The Morgan fingerprint density at radius 2 is 1.95 bits per heavy atom. The summed E-state index contributed by atoms with van der Waals surface area (Å²) in [7, 11) is -3.51. The van der Waals surface area contributed by atoms with Crippen LogP contribution in [0.2, 0.25) is 0 Å². The van der Waals surface area contributed by atoms with E-state index < -0.39 is 10.0 Å². The van der Waals surface area contributed by atoms with Crippen molar-refractivity contribution in [2.24, 2.45) is 0 Å². The number of sulfonamides is 1. The SMILES string of the molecule is CCCn1nc2ccc(S(=O)(=O)N3CCCC3)cn2c1=O. The molecule has 1 fully saturated rings. The van der Waals surface area contributed by atoms with E-state index in [1.54, 1.807) is 6.07 Å². The standard InChI is InChI=1S/C13H18N4O3S/c1-2-7-17-13(18)16-10-11(5-6-12(16)14-17)21(19,20)15-8-3-4-9-15/h5-6,10H,2-4,7-9H2,1H3. The molecule has 3 rings (SSSR count). The lowest BCUT2D eigenvalue weighted by Gasteiger charge is -2.15. The number of hydrogen-bond donors (Lipinski definition) is 0. The van der Waals surface area contributed by atoms with Gasteiger partial charge in [0.2, 0.25) is 10.0 Å². The summed E-state index contributed by atoms with van der Waals surface area (Å²) in [5, 5.41) is 4.18. The van der Waals surface area contributed by atoms with Gasteiger partial charge in [0.15, 0.2) is 5.65 Å². The number of fused-ring (bicyclic) bond motifs is 1. The van der Waals surface area contributed by atoms with Crippen molar-refractivity contribution in [2.75, 3.05) is 13.1 Å². The van der Waals surface area contributed by atoms with E-state index >= 15 is 0 Å².